The first kappa shape index (κ1) is 36.1. The minimum absolute atomic E-state index is 0.345. The molecule has 0 aliphatic heterocycles. The van der Waals surface area contributed by atoms with Gasteiger partial charge in [0.2, 0.25) is 0 Å². The highest BCUT2D eigenvalue weighted by Crippen LogP contribution is 2.57. The fraction of sp³-hybridized carbons (Fsp3) is 0.100. The molecule has 0 N–H and O–H groups in total. The van der Waals surface area contributed by atoms with Crippen molar-refractivity contribution in [1.29, 1.82) is 0 Å². The lowest BCUT2D eigenvalue weighted by Gasteiger charge is -2.33. The molecule has 9 aromatic rings. The van der Waals surface area contributed by atoms with Crippen LogP contribution in [0, 0.1) is 0 Å². The smallest absolute Gasteiger partial charge is 0.0622 e. The van der Waals surface area contributed by atoms with Crippen LogP contribution in [-0.4, -0.2) is 0 Å². The number of aryl methyl sites for hydroxylation is 4. The van der Waals surface area contributed by atoms with Crippen molar-refractivity contribution in [2.45, 2.75) is 36.5 Å². The number of hydrogen-bond donors (Lipinski definition) is 0. The molecular formula is C60H46. The Bertz CT molecular complexity index is 2660. The van der Waals surface area contributed by atoms with Gasteiger partial charge in [0.25, 0.3) is 0 Å². The molecule has 0 nitrogen and oxygen atoms in total. The molecule has 0 amide bonds. The van der Waals surface area contributed by atoms with Crippen molar-refractivity contribution in [3.8, 4) is 22.3 Å². The molecule has 0 saturated carbocycles. The van der Waals surface area contributed by atoms with E-state index in [1.165, 1.54) is 89.0 Å². The van der Waals surface area contributed by atoms with Gasteiger partial charge in [-0.2, -0.15) is 0 Å². The Hall–Kier alpha value is -7.02. The Morgan fingerprint density at radius 1 is 0.217 bits per heavy atom. The summed E-state index contributed by atoms with van der Waals surface area (Å²) in [6.07, 6.45) is 4.03. The Morgan fingerprint density at radius 2 is 0.483 bits per heavy atom. The minimum Gasteiger partial charge on any atom is -0.0622 e. The Balaban J connectivity index is 0.832. The third-order valence-electron chi connectivity index (χ3n) is 13.5. The van der Waals surface area contributed by atoms with Crippen molar-refractivity contribution in [3.05, 3.63) is 297 Å². The quantitative estimate of drug-likeness (QED) is 0.130. The predicted molar refractivity (Wildman–Crippen MR) is 249 cm³/mol. The average Bonchev–Trinajstić information content (AvgIpc) is 3.79. The van der Waals surface area contributed by atoms with E-state index in [2.05, 4.69) is 231 Å². The van der Waals surface area contributed by atoms with E-state index in [1.54, 1.807) is 0 Å². The minimum atomic E-state index is -0.345. The molecule has 286 valence electrons. The van der Waals surface area contributed by atoms with Gasteiger partial charge in [-0.25, -0.2) is 0 Å². The van der Waals surface area contributed by atoms with E-state index in [1.807, 2.05) is 0 Å². The van der Waals surface area contributed by atoms with Crippen molar-refractivity contribution < 1.29 is 0 Å². The highest BCUT2D eigenvalue weighted by atomic mass is 14.5. The highest BCUT2D eigenvalue weighted by molar-refractivity contribution is 5.88. The molecule has 0 heterocycles. The van der Waals surface area contributed by atoms with Gasteiger partial charge in [-0.05, 0) is 115 Å². The first-order valence-corrected chi connectivity index (χ1v) is 21.5. The Morgan fingerprint density at radius 3 is 0.833 bits per heavy atom. The topological polar surface area (TPSA) is 0 Å². The molecule has 2 aliphatic carbocycles. The van der Waals surface area contributed by atoms with Gasteiger partial charge in [0.15, 0.2) is 0 Å². The summed E-state index contributed by atoms with van der Waals surface area (Å²) in [6.45, 7) is 0. The number of fused-ring (bicyclic) bond motifs is 6. The predicted octanol–water partition coefficient (Wildman–Crippen LogP) is 14.0. The van der Waals surface area contributed by atoms with Crippen LogP contribution in [0.5, 0.6) is 0 Å². The molecule has 2 aliphatic rings. The van der Waals surface area contributed by atoms with Crippen molar-refractivity contribution in [2.24, 2.45) is 0 Å². The van der Waals surface area contributed by atoms with E-state index in [9.17, 15) is 0 Å². The summed E-state index contributed by atoms with van der Waals surface area (Å²) in [4.78, 5) is 0. The molecule has 11 rings (SSSR count). The van der Waals surface area contributed by atoms with Crippen LogP contribution in [-0.2, 0) is 36.5 Å². The van der Waals surface area contributed by atoms with Crippen LogP contribution in [0.2, 0.25) is 0 Å². The first-order valence-electron chi connectivity index (χ1n) is 21.5. The summed E-state index contributed by atoms with van der Waals surface area (Å²) in [7, 11) is 0. The van der Waals surface area contributed by atoms with Crippen molar-refractivity contribution >= 4 is 0 Å². The van der Waals surface area contributed by atoms with Gasteiger partial charge in [0.1, 0.15) is 0 Å². The largest absolute Gasteiger partial charge is 0.0713 e. The third kappa shape index (κ3) is 5.74. The highest BCUT2D eigenvalue weighted by Gasteiger charge is 2.47. The van der Waals surface area contributed by atoms with Crippen LogP contribution in [0.25, 0.3) is 22.3 Å². The molecule has 9 aromatic carbocycles. The van der Waals surface area contributed by atoms with Crippen LogP contribution in [0.4, 0.5) is 0 Å². The van der Waals surface area contributed by atoms with Gasteiger partial charge in [0.05, 0.1) is 10.8 Å². The van der Waals surface area contributed by atoms with Crippen LogP contribution in [0.3, 0.4) is 0 Å². The summed E-state index contributed by atoms with van der Waals surface area (Å²) in [5.41, 5.74) is 20.9. The van der Waals surface area contributed by atoms with E-state index in [4.69, 9.17) is 0 Å². The fourth-order valence-corrected chi connectivity index (χ4v) is 10.8. The second-order valence-corrected chi connectivity index (χ2v) is 16.6. The molecule has 0 fully saturated rings. The van der Waals surface area contributed by atoms with Crippen LogP contribution < -0.4 is 0 Å². The molecule has 60 heavy (non-hydrogen) atoms. The lowest BCUT2D eigenvalue weighted by atomic mass is 9.67. The van der Waals surface area contributed by atoms with Gasteiger partial charge in [-0.15, -0.1) is 0 Å². The summed E-state index contributed by atoms with van der Waals surface area (Å²) < 4.78 is 0. The fourth-order valence-electron chi connectivity index (χ4n) is 10.8. The Labute approximate surface area is 354 Å². The van der Waals surface area contributed by atoms with Crippen LogP contribution in [0.1, 0.15) is 66.8 Å². The molecule has 0 spiro atoms. The molecule has 0 saturated heterocycles. The summed E-state index contributed by atoms with van der Waals surface area (Å²) >= 11 is 0. The van der Waals surface area contributed by atoms with Crippen molar-refractivity contribution in [2.75, 3.05) is 0 Å². The molecule has 0 bridgehead atoms. The zero-order valence-electron chi connectivity index (χ0n) is 33.8. The maximum Gasteiger partial charge on any atom is 0.0713 e. The molecular weight excluding hydrogens is 721 g/mol. The summed E-state index contributed by atoms with van der Waals surface area (Å²) in [5, 5.41) is 0. The van der Waals surface area contributed by atoms with Gasteiger partial charge >= 0.3 is 0 Å². The summed E-state index contributed by atoms with van der Waals surface area (Å²) in [5.74, 6) is 0. The van der Waals surface area contributed by atoms with E-state index in [0.29, 0.717) is 0 Å². The van der Waals surface area contributed by atoms with Crippen molar-refractivity contribution in [3.63, 3.8) is 0 Å². The van der Waals surface area contributed by atoms with Gasteiger partial charge in [-0.1, -0.05) is 231 Å². The number of rotatable bonds is 10. The molecule has 0 aromatic heterocycles. The van der Waals surface area contributed by atoms with E-state index in [0.717, 1.165) is 25.7 Å². The van der Waals surface area contributed by atoms with Crippen molar-refractivity contribution in [1.82, 2.24) is 0 Å². The van der Waals surface area contributed by atoms with E-state index >= 15 is 0 Å². The lowest BCUT2D eigenvalue weighted by molar-refractivity contribution is 0.767. The monoisotopic (exact) mass is 766 g/mol. The Kier molecular flexibility index (Phi) is 9.01. The second kappa shape index (κ2) is 15.0. The van der Waals surface area contributed by atoms with Gasteiger partial charge in [0, 0.05) is 0 Å². The summed E-state index contributed by atoms with van der Waals surface area (Å²) in [6, 6.07) is 86.2. The van der Waals surface area contributed by atoms with Gasteiger partial charge < -0.3 is 0 Å². The lowest BCUT2D eigenvalue weighted by Crippen LogP contribution is -2.28. The third-order valence-corrected chi connectivity index (χ3v) is 13.5. The maximum absolute atomic E-state index is 2.47. The average molecular weight is 767 g/mol. The van der Waals surface area contributed by atoms with E-state index in [-0.39, 0.29) is 10.8 Å². The first-order chi connectivity index (χ1) is 29.7. The second-order valence-electron chi connectivity index (χ2n) is 16.6. The maximum atomic E-state index is 2.47. The zero-order valence-corrected chi connectivity index (χ0v) is 33.8. The standard InChI is InChI=1S/C60H46/c1-5-17-47(18-6-1)59(48-19-7-2-8-20-48)55-27-15-13-25-51(55)53-41-45(37-39-57(53)59)35-33-43-29-31-44(32-30-43)34-36-46-38-40-58-54(42-46)52-26-14-16-28-56(52)60(58,49-21-9-3-10-22-49)50-23-11-4-12-24-50/h1-32,37-42H,33-36H2. The normalized spacial score (nSPS) is 13.9. The SMILES string of the molecule is c1ccc(C2(c3ccccc3)c3ccccc3-c3cc(CCc4ccc(CCc5ccc6c(c5)-c5ccccc5C6(c5ccccc5)c5ccccc5)cc4)ccc32)cc1. The van der Waals surface area contributed by atoms with Crippen LogP contribution in [0.15, 0.2) is 231 Å². The number of hydrogen-bond acceptors (Lipinski definition) is 0. The van der Waals surface area contributed by atoms with Crippen LogP contribution >= 0.6 is 0 Å². The molecule has 0 heteroatoms. The molecule has 0 radical (unpaired) electrons. The van der Waals surface area contributed by atoms with E-state index < -0.39 is 0 Å². The molecule has 0 unspecified atom stereocenters. The number of benzene rings is 9. The molecule has 0 atom stereocenters. The zero-order chi connectivity index (χ0) is 39.9. The van der Waals surface area contributed by atoms with Gasteiger partial charge in [-0.3, -0.25) is 0 Å².